The van der Waals surface area contributed by atoms with Gasteiger partial charge in [-0.2, -0.15) is 4.31 Å². The molecule has 1 aromatic rings. The number of aromatic amines is 1. The van der Waals surface area contributed by atoms with E-state index >= 15 is 4.39 Å². The van der Waals surface area contributed by atoms with Crippen molar-refractivity contribution < 1.29 is 56.1 Å². The van der Waals surface area contributed by atoms with Gasteiger partial charge in [0.25, 0.3) is 5.85 Å². The number of aromatic nitrogens is 2. The second-order valence-corrected chi connectivity index (χ2v) is 7.88. The summed E-state index contributed by atoms with van der Waals surface area (Å²) in [5, 5.41) is 20.0. The SMILES string of the molecule is [2H]C([2H])(OP(=O)(O)OP(=O)(O)O)[C@@]1(F)O[C@@]([2H])(n2ccc(=S)[nH]c2=O)[C@H](O)[C@@H]1O. The zero-order valence-electron chi connectivity index (χ0n) is 15.1. The molecule has 148 valence electrons. The Morgan fingerprint density at radius 3 is 2.65 bits per heavy atom. The van der Waals surface area contributed by atoms with Crippen molar-refractivity contribution in [1.29, 1.82) is 0 Å². The Kier molecular flexibility index (Phi) is 4.85. The molecule has 1 saturated heterocycles. The summed E-state index contributed by atoms with van der Waals surface area (Å²) >= 11 is 4.66. The molecule has 13 nitrogen and oxygen atoms in total. The molecule has 0 saturated carbocycles. The molecule has 0 spiro atoms. The Morgan fingerprint density at radius 2 is 2.12 bits per heavy atom. The standard InChI is InChI=1S/C9H13FN2O11P2S/c10-9(3-21-25(19,20)23-24(16,17)18)6(14)5(13)7(22-9)12-2-1-4(26)11-8(12)15/h1-2,5-7,13-14H,3H2,(H,19,20)(H,11,15,26)(H2,16,17,18)/t5-,6+,7-,9-/m1/s1/i3D2,7D. The number of hydrogen-bond donors (Lipinski definition) is 6. The summed E-state index contributed by atoms with van der Waals surface area (Å²) in [5.41, 5.74) is -1.23. The van der Waals surface area contributed by atoms with E-state index in [1.54, 1.807) is 0 Å². The number of H-pyrrole nitrogens is 1. The number of phosphoric ester groups is 1. The molecule has 0 aromatic carbocycles. The van der Waals surface area contributed by atoms with Gasteiger partial charge in [0.05, 0.1) is 4.11 Å². The lowest BCUT2D eigenvalue weighted by Gasteiger charge is -2.23. The second-order valence-electron chi connectivity index (χ2n) is 4.69. The van der Waals surface area contributed by atoms with E-state index in [4.69, 9.17) is 13.9 Å². The van der Waals surface area contributed by atoms with Crippen LogP contribution in [0.5, 0.6) is 0 Å². The topological polar surface area (TPSA) is 201 Å². The molecular weight excluding hydrogens is 425 g/mol. The predicted octanol–water partition coefficient (Wildman–Crippen LogP) is -0.951. The van der Waals surface area contributed by atoms with Crippen LogP contribution in [-0.2, 0) is 22.7 Å². The first kappa shape index (κ1) is 17.3. The van der Waals surface area contributed by atoms with E-state index < -0.39 is 52.2 Å². The van der Waals surface area contributed by atoms with Gasteiger partial charge >= 0.3 is 21.3 Å². The van der Waals surface area contributed by atoms with Gasteiger partial charge in [-0.05, 0) is 6.07 Å². The molecule has 0 amide bonds. The van der Waals surface area contributed by atoms with Gasteiger partial charge in [0.2, 0.25) is 0 Å². The first-order chi connectivity index (χ1) is 12.8. The molecule has 1 unspecified atom stereocenters. The first-order valence-corrected chi connectivity index (χ1v) is 9.66. The number of aliphatic hydroxyl groups is 2. The van der Waals surface area contributed by atoms with Crippen LogP contribution in [0, 0.1) is 4.64 Å². The summed E-state index contributed by atoms with van der Waals surface area (Å²) in [7, 11) is -11.7. The minimum Gasteiger partial charge on any atom is -0.385 e. The molecule has 1 aliphatic heterocycles. The third-order valence-electron chi connectivity index (χ3n) is 2.76. The number of phosphoric acid groups is 2. The van der Waals surface area contributed by atoms with Crippen LogP contribution in [0.4, 0.5) is 4.39 Å². The molecular formula is C9H13FN2O11P2S. The number of hydrogen-bond acceptors (Lipinski definition) is 9. The fourth-order valence-electron chi connectivity index (χ4n) is 1.75. The highest BCUT2D eigenvalue weighted by Gasteiger charge is 2.57. The maximum absolute atomic E-state index is 15.2. The number of nitrogens with one attached hydrogen (secondary N) is 1. The summed E-state index contributed by atoms with van der Waals surface area (Å²) < 4.78 is 71.9. The first-order valence-electron chi connectivity index (χ1n) is 7.73. The summed E-state index contributed by atoms with van der Waals surface area (Å²) in [6.07, 6.45) is -8.15. The molecule has 1 aromatic heterocycles. The third-order valence-corrected chi connectivity index (χ3v) is 4.99. The monoisotopic (exact) mass is 441 g/mol. The fraction of sp³-hybridized carbons (Fsp3) is 0.556. The van der Waals surface area contributed by atoms with Gasteiger partial charge in [-0.3, -0.25) is 14.1 Å². The largest absolute Gasteiger partial charge is 0.481 e. The molecule has 17 heteroatoms. The number of halogens is 1. The number of aliphatic hydroxyl groups excluding tert-OH is 2. The highest BCUT2D eigenvalue weighted by atomic mass is 32.1. The third kappa shape index (κ3) is 4.91. The minimum atomic E-state index is -6.01. The molecule has 0 radical (unpaired) electrons. The smallest absolute Gasteiger partial charge is 0.385 e. The molecule has 2 rings (SSSR count). The van der Waals surface area contributed by atoms with Gasteiger partial charge in [0.15, 0.2) is 6.20 Å². The van der Waals surface area contributed by atoms with E-state index in [0.717, 1.165) is 12.3 Å². The Labute approximate surface area is 152 Å². The quantitative estimate of drug-likeness (QED) is 0.234. The van der Waals surface area contributed by atoms with Crippen molar-refractivity contribution in [3.05, 3.63) is 27.4 Å². The number of nitrogens with zero attached hydrogens (tertiary/aromatic N) is 1. The van der Waals surface area contributed by atoms with Gasteiger partial charge in [0, 0.05) is 6.20 Å². The van der Waals surface area contributed by atoms with Gasteiger partial charge in [-0.1, -0.05) is 12.2 Å². The van der Waals surface area contributed by atoms with Crippen LogP contribution in [0.1, 0.15) is 10.3 Å². The van der Waals surface area contributed by atoms with E-state index in [2.05, 4.69) is 25.8 Å². The Bertz CT molecular complexity index is 1020. The van der Waals surface area contributed by atoms with Gasteiger partial charge in [-0.25, -0.2) is 18.3 Å². The summed E-state index contributed by atoms with van der Waals surface area (Å²) in [4.78, 5) is 40.2. The van der Waals surface area contributed by atoms with Crippen molar-refractivity contribution in [2.45, 2.75) is 24.3 Å². The highest BCUT2D eigenvalue weighted by Crippen LogP contribution is 2.58. The molecule has 1 aliphatic rings. The Balaban J connectivity index is 2.47. The van der Waals surface area contributed by atoms with E-state index in [9.17, 15) is 29.0 Å². The lowest BCUT2D eigenvalue weighted by molar-refractivity contribution is -0.204. The van der Waals surface area contributed by atoms with Crippen LogP contribution in [0.2, 0.25) is 0 Å². The van der Waals surface area contributed by atoms with Gasteiger partial charge in [0.1, 0.15) is 23.4 Å². The highest BCUT2D eigenvalue weighted by molar-refractivity contribution is 7.71. The molecule has 0 bridgehead atoms. The van der Waals surface area contributed by atoms with Crippen molar-refractivity contribution in [1.82, 2.24) is 9.55 Å². The van der Waals surface area contributed by atoms with Gasteiger partial charge in [-0.15, -0.1) is 0 Å². The molecule has 6 N–H and O–H groups in total. The summed E-state index contributed by atoms with van der Waals surface area (Å²) in [6.45, 7) is -4.25. The van der Waals surface area contributed by atoms with Crippen LogP contribution < -0.4 is 5.69 Å². The second kappa shape index (κ2) is 7.30. The average Bonchev–Trinajstić information content (AvgIpc) is 2.66. The molecule has 0 aliphatic carbocycles. The maximum Gasteiger partial charge on any atom is 0.481 e. The van der Waals surface area contributed by atoms with Crippen LogP contribution in [-0.4, -0.2) is 59.1 Å². The zero-order chi connectivity index (χ0) is 22.6. The summed E-state index contributed by atoms with van der Waals surface area (Å²) in [6, 6.07) is 1.01. The van der Waals surface area contributed by atoms with Crippen LogP contribution in [0.3, 0.4) is 0 Å². The van der Waals surface area contributed by atoms with Crippen molar-refractivity contribution >= 4 is 27.9 Å². The van der Waals surface area contributed by atoms with E-state index in [0.29, 0.717) is 0 Å². The average molecular weight is 441 g/mol. The molecule has 2 heterocycles. The van der Waals surface area contributed by atoms with Crippen LogP contribution in [0.15, 0.2) is 17.1 Å². The van der Waals surface area contributed by atoms with Crippen molar-refractivity contribution in [3.63, 3.8) is 0 Å². The van der Waals surface area contributed by atoms with Crippen LogP contribution in [0.25, 0.3) is 0 Å². The Hall–Kier alpha value is -0.830. The number of ether oxygens (including phenoxy) is 1. The summed E-state index contributed by atoms with van der Waals surface area (Å²) in [5.74, 6) is -4.31. The lowest BCUT2D eigenvalue weighted by Crippen LogP contribution is -2.42. The van der Waals surface area contributed by atoms with Gasteiger partial charge < -0.3 is 29.6 Å². The fourth-order valence-corrected chi connectivity index (χ4v) is 3.34. The molecule has 5 atom stereocenters. The maximum atomic E-state index is 15.2. The van der Waals surface area contributed by atoms with Crippen molar-refractivity contribution in [2.24, 2.45) is 0 Å². The minimum absolute atomic E-state index is 0.135. The predicted molar refractivity (Wildman–Crippen MR) is 80.8 cm³/mol. The number of rotatable bonds is 6. The number of alkyl halides is 1. The van der Waals surface area contributed by atoms with Crippen LogP contribution >= 0.6 is 27.9 Å². The molecule has 26 heavy (non-hydrogen) atoms. The molecule has 1 fully saturated rings. The Morgan fingerprint density at radius 1 is 1.50 bits per heavy atom. The normalized spacial score (nSPS) is 36.8. The van der Waals surface area contributed by atoms with Crippen molar-refractivity contribution in [3.8, 4) is 0 Å². The lowest BCUT2D eigenvalue weighted by atomic mass is 10.1. The van der Waals surface area contributed by atoms with E-state index in [1.807, 2.05) is 4.98 Å². The van der Waals surface area contributed by atoms with Crippen molar-refractivity contribution in [2.75, 3.05) is 6.56 Å². The zero-order valence-corrected chi connectivity index (χ0v) is 14.7. The van der Waals surface area contributed by atoms with E-state index in [-0.39, 0.29) is 9.21 Å². The van der Waals surface area contributed by atoms with E-state index in [1.165, 1.54) is 0 Å².